The summed E-state index contributed by atoms with van der Waals surface area (Å²) in [5.41, 5.74) is -0.967. The Bertz CT molecular complexity index is 711. The van der Waals surface area contributed by atoms with Gasteiger partial charge < -0.3 is 15.0 Å². The highest BCUT2D eigenvalue weighted by atomic mass is 19.4. The van der Waals surface area contributed by atoms with Crippen LogP contribution in [0.2, 0.25) is 0 Å². The SMILES string of the molecule is COc1ccnc(N2CCC(Nc3nccc(C(F)(F)F)n3)C2)n1. The molecule has 1 N–H and O–H groups in total. The summed E-state index contributed by atoms with van der Waals surface area (Å²) in [7, 11) is 1.52. The monoisotopic (exact) mass is 340 g/mol. The first-order valence-corrected chi connectivity index (χ1v) is 7.24. The lowest BCUT2D eigenvalue weighted by Gasteiger charge is -2.17. The molecular formula is C14H15F3N6O. The molecule has 0 aliphatic carbocycles. The molecule has 2 aromatic rings. The Morgan fingerprint density at radius 2 is 2.00 bits per heavy atom. The Morgan fingerprint density at radius 1 is 1.21 bits per heavy atom. The van der Waals surface area contributed by atoms with Gasteiger partial charge in [-0.25, -0.2) is 15.0 Å². The fourth-order valence-corrected chi connectivity index (χ4v) is 2.43. The van der Waals surface area contributed by atoms with Gasteiger partial charge in [-0.2, -0.15) is 18.2 Å². The molecule has 0 radical (unpaired) electrons. The van der Waals surface area contributed by atoms with E-state index < -0.39 is 11.9 Å². The molecule has 3 heterocycles. The smallest absolute Gasteiger partial charge is 0.433 e. The van der Waals surface area contributed by atoms with Gasteiger partial charge in [0.25, 0.3) is 0 Å². The minimum absolute atomic E-state index is 0.0387. The maximum Gasteiger partial charge on any atom is 0.433 e. The average molecular weight is 340 g/mol. The van der Waals surface area contributed by atoms with E-state index in [1.807, 2.05) is 4.90 Å². The molecule has 0 aromatic carbocycles. The van der Waals surface area contributed by atoms with Crippen LogP contribution in [0.25, 0.3) is 0 Å². The van der Waals surface area contributed by atoms with E-state index in [4.69, 9.17) is 4.74 Å². The predicted octanol–water partition coefficient (Wildman–Crippen LogP) is 1.98. The van der Waals surface area contributed by atoms with Crippen molar-refractivity contribution in [1.82, 2.24) is 19.9 Å². The van der Waals surface area contributed by atoms with Gasteiger partial charge in [-0.05, 0) is 12.5 Å². The zero-order valence-corrected chi connectivity index (χ0v) is 12.8. The number of anilines is 2. The maximum absolute atomic E-state index is 12.7. The molecule has 0 amide bonds. The predicted molar refractivity (Wildman–Crippen MR) is 79.9 cm³/mol. The van der Waals surface area contributed by atoms with E-state index in [0.29, 0.717) is 31.3 Å². The number of hydrogen-bond donors (Lipinski definition) is 1. The number of alkyl halides is 3. The van der Waals surface area contributed by atoms with Crippen LogP contribution in [0.4, 0.5) is 25.1 Å². The number of hydrogen-bond acceptors (Lipinski definition) is 7. The Labute approximate surface area is 135 Å². The number of rotatable bonds is 4. The van der Waals surface area contributed by atoms with Crippen molar-refractivity contribution in [2.75, 3.05) is 30.4 Å². The molecule has 0 bridgehead atoms. The van der Waals surface area contributed by atoms with Crippen molar-refractivity contribution in [3.8, 4) is 5.88 Å². The number of nitrogens with one attached hydrogen (secondary N) is 1. The van der Waals surface area contributed by atoms with Crippen LogP contribution in [-0.4, -0.2) is 46.2 Å². The lowest BCUT2D eigenvalue weighted by Crippen LogP contribution is -2.28. The van der Waals surface area contributed by atoms with E-state index in [2.05, 4.69) is 25.3 Å². The first kappa shape index (κ1) is 16.2. The van der Waals surface area contributed by atoms with Crippen LogP contribution >= 0.6 is 0 Å². The lowest BCUT2D eigenvalue weighted by atomic mass is 10.3. The molecular weight excluding hydrogens is 325 g/mol. The normalized spacial score (nSPS) is 17.8. The third kappa shape index (κ3) is 3.63. The number of ether oxygens (including phenoxy) is 1. The Kier molecular flexibility index (Phi) is 4.36. The van der Waals surface area contributed by atoms with Crippen molar-refractivity contribution in [1.29, 1.82) is 0 Å². The van der Waals surface area contributed by atoms with E-state index >= 15 is 0 Å². The van der Waals surface area contributed by atoms with Gasteiger partial charge in [0.15, 0.2) is 0 Å². The molecule has 0 saturated carbocycles. The van der Waals surface area contributed by atoms with Gasteiger partial charge in [0, 0.05) is 37.6 Å². The largest absolute Gasteiger partial charge is 0.481 e. The summed E-state index contributed by atoms with van der Waals surface area (Å²) in [6.07, 6.45) is -1.09. The standard InChI is InChI=1S/C14H15F3N6O/c1-24-11-3-6-19-13(22-11)23-7-4-9(8-23)20-12-18-5-2-10(21-12)14(15,16)17/h2-3,5-6,9H,4,7-8H2,1H3,(H,18,20,21). The molecule has 3 rings (SSSR count). The van der Waals surface area contributed by atoms with Gasteiger partial charge in [0.2, 0.25) is 17.8 Å². The molecule has 1 aliphatic heterocycles. The van der Waals surface area contributed by atoms with E-state index in [1.54, 1.807) is 12.3 Å². The van der Waals surface area contributed by atoms with Crippen LogP contribution in [0.3, 0.4) is 0 Å². The highest BCUT2D eigenvalue weighted by Gasteiger charge is 2.33. The van der Waals surface area contributed by atoms with Crippen molar-refractivity contribution >= 4 is 11.9 Å². The van der Waals surface area contributed by atoms with Gasteiger partial charge in [-0.3, -0.25) is 0 Å². The number of nitrogens with zero attached hydrogens (tertiary/aromatic N) is 5. The van der Waals surface area contributed by atoms with Gasteiger partial charge in [-0.15, -0.1) is 0 Å². The highest BCUT2D eigenvalue weighted by Crippen LogP contribution is 2.28. The number of methoxy groups -OCH3 is 1. The summed E-state index contributed by atoms with van der Waals surface area (Å²) in [4.78, 5) is 17.7. The summed E-state index contributed by atoms with van der Waals surface area (Å²) in [6, 6.07) is 2.39. The molecule has 1 aliphatic rings. The summed E-state index contributed by atoms with van der Waals surface area (Å²) in [5, 5.41) is 2.93. The van der Waals surface area contributed by atoms with Crippen molar-refractivity contribution < 1.29 is 17.9 Å². The van der Waals surface area contributed by atoms with E-state index in [-0.39, 0.29) is 12.0 Å². The van der Waals surface area contributed by atoms with E-state index in [9.17, 15) is 13.2 Å². The topological polar surface area (TPSA) is 76.1 Å². The second-order valence-electron chi connectivity index (χ2n) is 5.24. The summed E-state index contributed by atoms with van der Waals surface area (Å²) in [6.45, 7) is 1.20. The molecule has 1 fully saturated rings. The van der Waals surface area contributed by atoms with E-state index in [0.717, 1.165) is 12.3 Å². The van der Waals surface area contributed by atoms with Crippen LogP contribution in [0, 0.1) is 0 Å². The molecule has 1 unspecified atom stereocenters. The molecule has 1 saturated heterocycles. The summed E-state index contributed by atoms with van der Waals surface area (Å²) >= 11 is 0. The Balaban J connectivity index is 1.66. The quantitative estimate of drug-likeness (QED) is 0.912. The Hall–Kier alpha value is -2.65. The van der Waals surface area contributed by atoms with Crippen LogP contribution in [0.15, 0.2) is 24.5 Å². The van der Waals surface area contributed by atoms with Crippen molar-refractivity contribution in [3.63, 3.8) is 0 Å². The molecule has 24 heavy (non-hydrogen) atoms. The number of halogens is 3. The van der Waals surface area contributed by atoms with Crippen molar-refractivity contribution in [2.24, 2.45) is 0 Å². The highest BCUT2D eigenvalue weighted by molar-refractivity contribution is 5.37. The first-order valence-electron chi connectivity index (χ1n) is 7.24. The lowest BCUT2D eigenvalue weighted by molar-refractivity contribution is -0.141. The van der Waals surface area contributed by atoms with Crippen LogP contribution in [0.5, 0.6) is 5.88 Å². The first-order chi connectivity index (χ1) is 11.5. The molecule has 7 nitrogen and oxygen atoms in total. The maximum atomic E-state index is 12.7. The zero-order valence-electron chi connectivity index (χ0n) is 12.8. The minimum atomic E-state index is -4.49. The molecule has 0 spiro atoms. The second-order valence-corrected chi connectivity index (χ2v) is 5.24. The number of aromatic nitrogens is 4. The third-order valence-corrected chi connectivity index (χ3v) is 3.58. The van der Waals surface area contributed by atoms with Gasteiger partial charge >= 0.3 is 6.18 Å². The van der Waals surface area contributed by atoms with Crippen LogP contribution in [-0.2, 0) is 6.18 Å². The summed E-state index contributed by atoms with van der Waals surface area (Å²) in [5.74, 6) is 0.935. The summed E-state index contributed by atoms with van der Waals surface area (Å²) < 4.78 is 43.1. The van der Waals surface area contributed by atoms with Gasteiger partial charge in [-0.1, -0.05) is 0 Å². The van der Waals surface area contributed by atoms with Gasteiger partial charge in [0.05, 0.1) is 7.11 Å². The molecule has 128 valence electrons. The third-order valence-electron chi connectivity index (χ3n) is 3.58. The fourth-order valence-electron chi connectivity index (χ4n) is 2.43. The average Bonchev–Trinajstić information content (AvgIpc) is 3.03. The van der Waals surface area contributed by atoms with Crippen LogP contribution in [0.1, 0.15) is 12.1 Å². The molecule has 10 heteroatoms. The van der Waals surface area contributed by atoms with E-state index in [1.165, 1.54) is 7.11 Å². The second kappa shape index (κ2) is 6.46. The minimum Gasteiger partial charge on any atom is -0.481 e. The van der Waals surface area contributed by atoms with Gasteiger partial charge in [0.1, 0.15) is 5.69 Å². The van der Waals surface area contributed by atoms with Crippen molar-refractivity contribution in [3.05, 3.63) is 30.2 Å². The molecule has 2 aromatic heterocycles. The molecule has 1 atom stereocenters. The van der Waals surface area contributed by atoms with Crippen molar-refractivity contribution in [2.45, 2.75) is 18.6 Å². The Morgan fingerprint density at radius 3 is 2.75 bits per heavy atom. The fraction of sp³-hybridized carbons (Fsp3) is 0.429. The van der Waals surface area contributed by atoms with Crippen LogP contribution < -0.4 is 15.0 Å². The zero-order chi connectivity index (χ0) is 17.2.